The second kappa shape index (κ2) is 9.09. The van der Waals surface area contributed by atoms with E-state index in [-0.39, 0.29) is 11.7 Å². The van der Waals surface area contributed by atoms with E-state index >= 15 is 0 Å². The number of aryl methyl sites for hydroxylation is 2. The Morgan fingerprint density at radius 3 is 2.65 bits per heavy atom. The van der Waals surface area contributed by atoms with Crippen LogP contribution in [0.4, 0.5) is 5.82 Å². The Morgan fingerprint density at radius 2 is 1.90 bits per heavy atom. The Balaban J connectivity index is 1.60. The van der Waals surface area contributed by atoms with Crippen molar-refractivity contribution < 1.29 is 14.2 Å². The molecule has 0 atom stereocenters. The van der Waals surface area contributed by atoms with Crippen molar-refractivity contribution in [2.24, 2.45) is 0 Å². The zero-order valence-electron chi connectivity index (χ0n) is 17.5. The van der Waals surface area contributed by atoms with Gasteiger partial charge >= 0.3 is 0 Å². The molecule has 0 spiro atoms. The first-order valence-electron chi connectivity index (χ1n) is 9.97. The van der Waals surface area contributed by atoms with E-state index in [1.807, 2.05) is 62.4 Å². The lowest BCUT2D eigenvalue weighted by molar-refractivity contribution is 0.102. The van der Waals surface area contributed by atoms with E-state index in [0.29, 0.717) is 18.0 Å². The standard InChI is InChI=1S/C23H22N4O3S/c1-4-12-29-18-11-10-17(13-14(18)2)19-22(27-30-26-19)25-23(28)20-21(31-15(3)24-20)16-8-6-5-7-9-16/h5-11,13H,4,12H2,1-3H3,(H,25,27,28). The molecule has 0 fully saturated rings. The molecule has 7 nitrogen and oxygen atoms in total. The lowest BCUT2D eigenvalue weighted by atomic mass is 10.1. The van der Waals surface area contributed by atoms with Crippen LogP contribution in [-0.2, 0) is 0 Å². The van der Waals surface area contributed by atoms with Gasteiger partial charge in [-0.3, -0.25) is 4.79 Å². The average Bonchev–Trinajstić information content (AvgIpc) is 3.40. The minimum Gasteiger partial charge on any atom is -0.493 e. The van der Waals surface area contributed by atoms with Crippen LogP contribution in [0.15, 0.2) is 53.2 Å². The molecule has 0 aliphatic rings. The molecule has 0 aliphatic carbocycles. The van der Waals surface area contributed by atoms with Crippen LogP contribution in [0.3, 0.4) is 0 Å². The van der Waals surface area contributed by atoms with E-state index in [2.05, 4.69) is 27.5 Å². The van der Waals surface area contributed by atoms with Gasteiger partial charge in [0.25, 0.3) is 5.91 Å². The normalized spacial score (nSPS) is 10.8. The van der Waals surface area contributed by atoms with Gasteiger partial charge in [-0.2, -0.15) is 0 Å². The first-order chi connectivity index (χ1) is 15.1. The number of anilines is 1. The fraction of sp³-hybridized carbons (Fsp3) is 0.217. The molecule has 2 aromatic carbocycles. The van der Waals surface area contributed by atoms with Crippen LogP contribution in [0.1, 0.15) is 34.4 Å². The molecular formula is C23H22N4O3S. The summed E-state index contributed by atoms with van der Waals surface area (Å²) >= 11 is 1.47. The third kappa shape index (κ3) is 4.49. The summed E-state index contributed by atoms with van der Waals surface area (Å²) in [5, 5.41) is 11.5. The molecule has 4 aromatic rings. The molecule has 158 valence electrons. The van der Waals surface area contributed by atoms with Gasteiger partial charge in [-0.25, -0.2) is 9.61 Å². The summed E-state index contributed by atoms with van der Waals surface area (Å²) < 4.78 is 10.7. The lowest BCUT2D eigenvalue weighted by Gasteiger charge is -2.09. The second-order valence-corrected chi connectivity index (χ2v) is 8.22. The molecular weight excluding hydrogens is 412 g/mol. The van der Waals surface area contributed by atoms with E-state index < -0.39 is 0 Å². The maximum absolute atomic E-state index is 13.0. The van der Waals surface area contributed by atoms with Crippen LogP contribution < -0.4 is 10.1 Å². The zero-order chi connectivity index (χ0) is 21.8. The topological polar surface area (TPSA) is 90.1 Å². The summed E-state index contributed by atoms with van der Waals surface area (Å²) in [5.41, 5.74) is 3.48. The van der Waals surface area contributed by atoms with Gasteiger partial charge in [0, 0.05) is 5.56 Å². The monoisotopic (exact) mass is 434 g/mol. The predicted molar refractivity (Wildman–Crippen MR) is 120 cm³/mol. The number of carbonyl (C=O) groups is 1. The van der Waals surface area contributed by atoms with Crippen LogP contribution in [0.5, 0.6) is 5.75 Å². The largest absolute Gasteiger partial charge is 0.493 e. The number of benzene rings is 2. The number of nitrogens with one attached hydrogen (secondary N) is 1. The van der Waals surface area contributed by atoms with Crippen molar-refractivity contribution in [1.82, 2.24) is 15.3 Å². The Kier molecular flexibility index (Phi) is 6.08. The van der Waals surface area contributed by atoms with E-state index in [0.717, 1.165) is 38.7 Å². The van der Waals surface area contributed by atoms with Gasteiger partial charge in [0.2, 0.25) is 5.82 Å². The molecule has 0 bridgehead atoms. The molecule has 0 aliphatic heterocycles. The van der Waals surface area contributed by atoms with Crippen molar-refractivity contribution in [3.63, 3.8) is 0 Å². The number of carbonyl (C=O) groups excluding carboxylic acids is 1. The van der Waals surface area contributed by atoms with E-state index in [1.54, 1.807) is 0 Å². The maximum atomic E-state index is 13.0. The highest BCUT2D eigenvalue weighted by Gasteiger charge is 2.22. The molecule has 0 radical (unpaired) electrons. The van der Waals surface area contributed by atoms with Crippen molar-refractivity contribution in [3.8, 4) is 27.4 Å². The molecule has 2 heterocycles. The Morgan fingerprint density at radius 1 is 1.10 bits per heavy atom. The summed E-state index contributed by atoms with van der Waals surface area (Å²) in [6.07, 6.45) is 0.936. The first kappa shape index (κ1) is 20.7. The number of aromatic nitrogens is 3. The van der Waals surface area contributed by atoms with Gasteiger partial charge in [0.1, 0.15) is 11.4 Å². The van der Waals surface area contributed by atoms with Gasteiger partial charge in [-0.15, -0.1) is 11.3 Å². The third-order valence-electron chi connectivity index (χ3n) is 4.62. The van der Waals surface area contributed by atoms with Gasteiger partial charge in [-0.05, 0) is 59.9 Å². The van der Waals surface area contributed by atoms with Gasteiger partial charge < -0.3 is 10.1 Å². The first-order valence-corrected chi connectivity index (χ1v) is 10.8. The predicted octanol–water partition coefficient (Wildman–Crippen LogP) is 5.52. The number of rotatable bonds is 7. The molecule has 0 saturated heterocycles. The summed E-state index contributed by atoms with van der Waals surface area (Å²) in [6, 6.07) is 15.4. The molecule has 8 heteroatoms. The summed E-state index contributed by atoms with van der Waals surface area (Å²) in [5.74, 6) is 0.703. The van der Waals surface area contributed by atoms with Crippen LogP contribution >= 0.6 is 11.3 Å². The highest BCUT2D eigenvalue weighted by molar-refractivity contribution is 7.15. The smallest absolute Gasteiger partial charge is 0.277 e. The van der Waals surface area contributed by atoms with Gasteiger partial charge in [0.05, 0.1) is 16.5 Å². The van der Waals surface area contributed by atoms with E-state index in [1.165, 1.54) is 11.3 Å². The lowest BCUT2D eigenvalue weighted by Crippen LogP contribution is -2.14. The number of hydrogen-bond acceptors (Lipinski definition) is 7. The van der Waals surface area contributed by atoms with Gasteiger partial charge in [0.15, 0.2) is 5.69 Å². The molecule has 31 heavy (non-hydrogen) atoms. The van der Waals surface area contributed by atoms with E-state index in [9.17, 15) is 4.79 Å². The fourth-order valence-electron chi connectivity index (χ4n) is 3.16. The minimum atomic E-state index is -0.361. The third-order valence-corrected chi connectivity index (χ3v) is 5.64. The molecule has 2 aromatic heterocycles. The Labute approximate surface area is 184 Å². The SMILES string of the molecule is CCCOc1ccc(-c2nonc2NC(=O)c2nc(C)sc2-c2ccccc2)cc1C. The quantitative estimate of drug-likeness (QED) is 0.412. The van der Waals surface area contributed by atoms with Crippen LogP contribution in [0.2, 0.25) is 0 Å². The molecule has 1 amide bonds. The molecule has 1 N–H and O–H groups in total. The highest BCUT2D eigenvalue weighted by Crippen LogP contribution is 2.32. The Bertz CT molecular complexity index is 1200. The van der Waals surface area contributed by atoms with Crippen molar-refractivity contribution in [3.05, 3.63) is 64.8 Å². The number of hydrogen-bond donors (Lipinski definition) is 1. The zero-order valence-corrected chi connectivity index (χ0v) is 18.3. The van der Waals surface area contributed by atoms with E-state index in [4.69, 9.17) is 9.37 Å². The highest BCUT2D eigenvalue weighted by atomic mass is 32.1. The summed E-state index contributed by atoms with van der Waals surface area (Å²) in [7, 11) is 0. The number of nitrogens with zero attached hydrogens (tertiary/aromatic N) is 3. The Hall–Kier alpha value is -3.52. The number of thiazole rings is 1. The van der Waals surface area contributed by atoms with Crippen molar-refractivity contribution in [2.75, 3.05) is 11.9 Å². The maximum Gasteiger partial charge on any atom is 0.277 e. The van der Waals surface area contributed by atoms with Crippen molar-refractivity contribution >= 4 is 23.1 Å². The van der Waals surface area contributed by atoms with Crippen molar-refractivity contribution in [2.45, 2.75) is 27.2 Å². The number of ether oxygens (including phenoxy) is 1. The fourth-order valence-corrected chi connectivity index (χ4v) is 4.08. The van der Waals surface area contributed by atoms with Gasteiger partial charge in [-0.1, -0.05) is 37.3 Å². The minimum absolute atomic E-state index is 0.247. The molecule has 4 rings (SSSR count). The van der Waals surface area contributed by atoms with Crippen molar-refractivity contribution in [1.29, 1.82) is 0 Å². The summed E-state index contributed by atoms with van der Waals surface area (Å²) in [4.78, 5) is 18.3. The number of amides is 1. The summed E-state index contributed by atoms with van der Waals surface area (Å²) in [6.45, 7) is 6.56. The second-order valence-electron chi connectivity index (χ2n) is 7.02. The van der Waals surface area contributed by atoms with Crippen LogP contribution in [0.25, 0.3) is 21.7 Å². The van der Waals surface area contributed by atoms with Crippen LogP contribution in [0, 0.1) is 13.8 Å². The average molecular weight is 435 g/mol. The molecule has 0 unspecified atom stereocenters. The molecule has 0 saturated carbocycles. The van der Waals surface area contributed by atoms with Crippen LogP contribution in [-0.4, -0.2) is 27.8 Å².